The van der Waals surface area contributed by atoms with Gasteiger partial charge < -0.3 is 4.42 Å². The standard InChI is InChI=1S/C57H35N5O/c1-3-13-36(14-4-1)40-27-30-45-43-17-7-10-20-49(43)61(51(45)33-40)56-58-55(39-25-23-38(24-26-39)42-29-32-48-47-19-9-12-22-53(47)63-54(48)35-42)59-57(60-56)62-50-21-11-8-18-44(50)46-31-28-41(34-52(46)62)37-15-5-2-6-16-37/h1-35H/i1D,2D,3D,4D,5D,6D,7D,8D,10D,11D,13D,14D,15D,16D,17D,18D,20D,21D,27D,28D,30D,31D,33D,34D. The van der Waals surface area contributed by atoms with Gasteiger partial charge >= 0.3 is 0 Å². The zero-order valence-corrected chi connectivity index (χ0v) is 32.0. The predicted molar refractivity (Wildman–Crippen MR) is 258 cm³/mol. The number of hydrogen-bond acceptors (Lipinski definition) is 4. The number of furan rings is 1. The van der Waals surface area contributed by atoms with E-state index in [4.69, 9.17) is 38.6 Å². The lowest BCUT2D eigenvalue weighted by Crippen LogP contribution is -2.10. The van der Waals surface area contributed by atoms with Crippen LogP contribution in [0.3, 0.4) is 0 Å². The molecule has 9 aromatic carbocycles. The minimum absolute atomic E-state index is 0.153. The summed E-state index contributed by atoms with van der Waals surface area (Å²) in [6.45, 7) is 0. The first kappa shape index (κ1) is 19.0. The molecule has 0 aliphatic heterocycles. The third-order valence-corrected chi connectivity index (χ3v) is 10.7. The lowest BCUT2D eigenvalue weighted by Gasteiger charge is -2.13. The first-order valence-corrected chi connectivity index (χ1v) is 19.2. The summed E-state index contributed by atoms with van der Waals surface area (Å²) < 4.78 is 225. The Morgan fingerprint density at radius 3 is 1.44 bits per heavy atom. The average molecular weight is 830 g/mol. The SMILES string of the molecule is [2H]c1c([2H])c([2H])c(-c2c([2H])c([2H])c3c4c([2H])c([2H])c([2H])c([2H])c4n(-c4nc(-c5ccc(-c6ccc7c(c6)oc6ccccc67)cc5)nc(-n5c6c([2H])c([2H])c([2H])c([2H])c6c6c([2H])c([2H])c(-c7c([2H])c([2H])c([2H])c([2H])c7[2H])c([2H])c65)n4)c3c2[2H])c([2H])c1[2H]. The van der Waals surface area contributed by atoms with Gasteiger partial charge in [-0.25, -0.2) is 0 Å². The number of benzene rings is 9. The molecule has 0 atom stereocenters. The number of para-hydroxylation sites is 3. The van der Waals surface area contributed by atoms with Gasteiger partial charge in [-0.3, -0.25) is 9.13 Å². The molecule has 0 aliphatic rings. The number of rotatable bonds is 6. The minimum atomic E-state index is -0.869. The zero-order valence-electron chi connectivity index (χ0n) is 56.0. The molecule has 0 unspecified atom stereocenters. The average Bonchev–Trinajstić information content (AvgIpc) is 1.64. The molecule has 6 nitrogen and oxygen atoms in total. The summed E-state index contributed by atoms with van der Waals surface area (Å²) in [6.07, 6.45) is 0. The molecule has 0 fully saturated rings. The molecule has 0 saturated heterocycles. The molecule has 0 spiro atoms. The number of aromatic nitrogens is 5. The van der Waals surface area contributed by atoms with Crippen molar-refractivity contribution in [2.24, 2.45) is 0 Å². The first-order chi connectivity index (χ1) is 41.2. The Hall–Kier alpha value is -8.61. The van der Waals surface area contributed by atoms with E-state index < -0.39 is 223 Å². The number of hydrogen-bond donors (Lipinski definition) is 0. The lowest BCUT2D eigenvalue weighted by molar-refractivity contribution is 0.669. The Morgan fingerprint density at radius 2 is 0.841 bits per heavy atom. The van der Waals surface area contributed by atoms with Gasteiger partial charge in [0.15, 0.2) is 5.82 Å². The van der Waals surface area contributed by atoms with Gasteiger partial charge in [0.05, 0.1) is 55.0 Å². The largest absolute Gasteiger partial charge is 0.456 e. The van der Waals surface area contributed by atoms with E-state index in [1.54, 1.807) is 24.3 Å². The zero-order chi connectivity index (χ0) is 62.3. The molecule has 0 N–H and O–H groups in total. The molecule has 4 aromatic heterocycles. The fraction of sp³-hybridized carbons (Fsp3) is 0. The summed E-state index contributed by atoms with van der Waals surface area (Å²) >= 11 is 0. The second kappa shape index (κ2) is 14.0. The van der Waals surface area contributed by atoms with Crippen molar-refractivity contribution < 1.29 is 37.3 Å². The van der Waals surface area contributed by atoms with E-state index in [2.05, 4.69) is 0 Å². The molecular formula is C57H35N5O. The van der Waals surface area contributed by atoms with Crippen LogP contribution in [0.1, 0.15) is 32.9 Å². The van der Waals surface area contributed by atoms with Crippen LogP contribution in [0.2, 0.25) is 0 Å². The summed E-state index contributed by atoms with van der Waals surface area (Å²) in [5.74, 6) is -1.70. The topological polar surface area (TPSA) is 61.7 Å². The molecule has 0 radical (unpaired) electrons. The molecule has 13 rings (SSSR count). The quantitative estimate of drug-likeness (QED) is 0.167. The van der Waals surface area contributed by atoms with Crippen LogP contribution in [0.25, 0.3) is 122 Å². The van der Waals surface area contributed by atoms with Crippen LogP contribution >= 0.6 is 0 Å². The Balaban J connectivity index is 1.20. The highest BCUT2D eigenvalue weighted by Gasteiger charge is 2.21. The monoisotopic (exact) mass is 829 g/mol. The van der Waals surface area contributed by atoms with Crippen molar-refractivity contribution in [3.63, 3.8) is 0 Å². The van der Waals surface area contributed by atoms with Crippen molar-refractivity contribution >= 4 is 65.6 Å². The van der Waals surface area contributed by atoms with Gasteiger partial charge in [-0.15, -0.1) is 0 Å². The van der Waals surface area contributed by atoms with E-state index in [9.17, 15) is 13.7 Å². The van der Waals surface area contributed by atoms with Crippen LogP contribution in [-0.2, 0) is 0 Å². The smallest absolute Gasteiger partial charge is 0.240 e. The van der Waals surface area contributed by atoms with Gasteiger partial charge in [0.2, 0.25) is 11.9 Å². The van der Waals surface area contributed by atoms with E-state index in [-0.39, 0.29) is 11.4 Å². The van der Waals surface area contributed by atoms with Crippen molar-refractivity contribution in [2.75, 3.05) is 0 Å². The van der Waals surface area contributed by atoms with Gasteiger partial charge in [0.1, 0.15) is 11.2 Å². The van der Waals surface area contributed by atoms with Crippen molar-refractivity contribution in [2.45, 2.75) is 0 Å². The van der Waals surface area contributed by atoms with Gasteiger partial charge in [-0.2, -0.15) is 15.0 Å². The fourth-order valence-corrected chi connectivity index (χ4v) is 7.82. The van der Waals surface area contributed by atoms with Gasteiger partial charge in [0.25, 0.3) is 0 Å². The maximum Gasteiger partial charge on any atom is 0.240 e. The Kier molecular flexibility index (Phi) is 4.21. The molecule has 6 heteroatoms. The van der Waals surface area contributed by atoms with Crippen molar-refractivity contribution in [1.29, 1.82) is 0 Å². The molecule has 13 aromatic rings. The van der Waals surface area contributed by atoms with Crippen LogP contribution in [0.5, 0.6) is 0 Å². The van der Waals surface area contributed by atoms with Gasteiger partial charge in [0, 0.05) is 37.9 Å². The molecule has 294 valence electrons. The van der Waals surface area contributed by atoms with E-state index in [1.807, 2.05) is 42.5 Å². The van der Waals surface area contributed by atoms with E-state index >= 15 is 0 Å². The number of nitrogens with zero attached hydrogens (tertiary/aromatic N) is 5. The van der Waals surface area contributed by atoms with Crippen molar-refractivity contribution in [3.8, 4) is 56.7 Å². The van der Waals surface area contributed by atoms with E-state index in [0.29, 0.717) is 22.3 Å². The summed E-state index contributed by atoms with van der Waals surface area (Å²) in [7, 11) is 0. The summed E-state index contributed by atoms with van der Waals surface area (Å²) in [6, 6.07) is -0.372. The lowest BCUT2D eigenvalue weighted by atomic mass is 10.0. The molecule has 0 aliphatic carbocycles. The van der Waals surface area contributed by atoms with Gasteiger partial charge in [-0.1, -0.05) is 169 Å². The molecule has 63 heavy (non-hydrogen) atoms. The molecule has 0 bridgehead atoms. The maximum absolute atomic E-state index is 9.96. The van der Waals surface area contributed by atoms with Crippen LogP contribution in [0.4, 0.5) is 0 Å². The maximum atomic E-state index is 9.96. The predicted octanol–water partition coefficient (Wildman–Crippen LogP) is 14.6. The van der Waals surface area contributed by atoms with Crippen LogP contribution in [-0.4, -0.2) is 24.1 Å². The summed E-state index contributed by atoms with van der Waals surface area (Å²) in [4.78, 5) is 14.5. The van der Waals surface area contributed by atoms with Crippen LogP contribution < -0.4 is 0 Å². The molecule has 4 heterocycles. The minimum Gasteiger partial charge on any atom is -0.456 e. The van der Waals surface area contributed by atoms with Crippen LogP contribution in [0.15, 0.2) is 216 Å². The number of fused-ring (bicyclic) bond motifs is 9. The van der Waals surface area contributed by atoms with Crippen LogP contribution in [0, 0.1) is 0 Å². The highest BCUT2D eigenvalue weighted by atomic mass is 16.3. The highest BCUT2D eigenvalue weighted by molar-refractivity contribution is 6.11. The Labute approximate surface area is 395 Å². The fourth-order valence-electron chi connectivity index (χ4n) is 7.82. The van der Waals surface area contributed by atoms with Crippen molar-refractivity contribution in [3.05, 3.63) is 212 Å². The Bertz CT molecular complexity index is 5040. The molecular weight excluding hydrogens is 771 g/mol. The highest BCUT2D eigenvalue weighted by Crippen LogP contribution is 2.38. The normalized spacial score (nSPS) is 17.1. The summed E-state index contributed by atoms with van der Waals surface area (Å²) in [5, 5.41) is -0.0773. The molecule has 0 saturated carbocycles. The second-order valence-electron chi connectivity index (χ2n) is 14.2. The van der Waals surface area contributed by atoms with Gasteiger partial charge in [-0.05, 0) is 75.7 Å². The summed E-state index contributed by atoms with van der Waals surface area (Å²) in [5.41, 5.74) is -2.13. The van der Waals surface area contributed by atoms with E-state index in [0.717, 1.165) is 19.9 Å². The first-order valence-electron chi connectivity index (χ1n) is 31.2. The third-order valence-electron chi connectivity index (χ3n) is 10.7. The van der Waals surface area contributed by atoms with E-state index in [1.165, 1.54) is 0 Å². The second-order valence-corrected chi connectivity index (χ2v) is 14.2. The van der Waals surface area contributed by atoms with Crippen molar-refractivity contribution in [1.82, 2.24) is 24.1 Å². The third kappa shape index (κ3) is 5.69. The molecule has 0 amide bonds. The Morgan fingerprint density at radius 1 is 0.349 bits per heavy atom.